The molecule has 2 N–H and O–H groups in total. The van der Waals surface area contributed by atoms with Gasteiger partial charge in [0.25, 0.3) is 0 Å². The average Bonchev–Trinajstić information content (AvgIpc) is 2.73. The van der Waals surface area contributed by atoms with Gasteiger partial charge in [0.05, 0.1) is 0 Å². The van der Waals surface area contributed by atoms with Crippen LogP contribution in [-0.4, -0.2) is 0 Å². The molecule has 0 atom stereocenters. The molecule has 4 aromatic carbocycles. The molecule has 28 heavy (non-hydrogen) atoms. The Hall–Kier alpha value is -3.72. The zero-order valence-electron chi connectivity index (χ0n) is 15.6. The van der Waals surface area contributed by atoms with E-state index in [1.807, 2.05) is 84.9 Å². The summed E-state index contributed by atoms with van der Waals surface area (Å²) in [5.41, 5.74) is 9.69. The highest BCUT2D eigenvalue weighted by molar-refractivity contribution is 5.72. The van der Waals surface area contributed by atoms with Crippen molar-refractivity contribution in [2.45, 2.75) is 6.92 Å². The van der Waals surface area contributed by atoms with Crippen molar-refractivity contribution < 1.29 is 9.47 Å². The fourth-order valence-corrected chi connectivity index (χ4v) is 2.91. The molecule has 0 bridgehead atoms. The van der Waals surface area contributed by atoms with Gasteiger partial charge >= 0.3 is 0 Å². The molecular weight excluding hydrogens is 346 g/mol. The lowest BCUT2D eigenvalue weighted by Gasteiger charge is -2.14. The lowest BCUT2D eigenvalue weighted by Crippen LogP contribution is -1.91. The molecule has 0 saturated carbocycles. The van der Waals surface area contributed by atoms with E-state index >= 15 is 0 Å². The van der Waals surface area contributed by atoms with Crippen LogP contribution in [0.1, 0.15) is 5.56 Å². The van der Waals surface area contributed by atoms with Crippen LogP contribution in [0, 0.1) is 6.92 Å². The minimum Gasteiger partial charge on any atom is -0.457 e. The monoisotopic (exact) mass is 367 g/mol. The average molecular weight is 367 g/mol. The van der Waals surface area contributed by atoms with Crippen LogP contribution >= 0.6 is 0 Å². The topological polar surface area (TPSA) is 44.5 Å². The van der Waals surface area contributed by atoms with Gasteiger partial charge in [-0.3, -0.25) is 0 Å². The Morgan fingerprint density at radius 1 is 0.607 bits per heavy atom. The SMILES string of the molecule is Cc1ccc(Oc2ccc(Oc3ccc(N)cc3)c(-c3ccccc3)c2)cc1. The molecule has 0 unspecified atom stereocenters. The third-order valence-corrected chi connectivity index (χ3v) is 4.40. The molecule has 0 fully saturated rings. The molecule has 3 nitrogen and oxygen atoms in total. The highest BCUT2D eigenvalue weighted by Crippen LogP contribution is 2.37. The van der Waals surface area contributed by atoms with Crippen LogP contribution in [0.25, 0.3) is 11.1 Å². The third kappa shape index (κ3) is 4.15. The van der Waals surface area contributed by atoms with Crippen LogP contribution in [0.5, 0.6) is 23.0 Å². The number of nitrogen functional groups attached to an aromatic ring is 1. The first-order valence-corrected chi connectivity index (χ1v) is 9.15. The van der Waals surface area contributed by atoms with Gasteiger partial charge in [0.1, 0.15) is 23.0 Å². The lowest BCUT2D eigenvalue weighted by molar-refractivity contribution is 0.471. The molecule has 3 heteroatoms. The number of rotatable bonds is 5. The van der Waals surface area contributed by atoms with Gasteiger partial charge < -0.3 is 15.2 Å². The normalized spacial score (nSPS) is 10.5. The molecule has 0 spiro atoms. The van der Waals surface area contributed by atoms with Gasteiger partial charge in [0, 0.05) is 11.3 Å². The van der Waals surface area contributed by atoms with Gasteiger partial charge in [-0.1, -0.05) is 48.0 Å². The molecule has 4 rings (SSSR count). The summed E-state index contributed by atoms with van der Waals surface area (Å²) in [5, 5.41) is 0. The van der Waals surface area contributed by atoms with Crippen LogP contribution in [0.2, 0.25) is 0 Å². The number of aryl methyl sites for hydroxylation is 1. The summed E-state index contributed by atoms with van der Waals surface area (Å²) in [7, 11) is 0. The van der Waals surface area contributed by atoms with E-state index in [9.17, 15) is 0 Å². The van der Waals surface area contributed by atoms with E-state index in [0.29, 0.717) is 5.69 Å². The lowest BCUT2D eigenvalue weighted by atomic mass is 10.0. The van der Waals surface area contributed by atoms with Crippen LogP contribution in [0.15, 0.2) is 97.1 Å². The van der Waals surface area contributed by atoms with Crippen molar-refractivity contribution in [2.75, 3.05) is 5.73 Å². The minimum absolute atomic E-state index is 0.706. The first-order valence-electron chi connectivity index (χ1n) is 9.15. The van der Waals surface area contributed by atoms with E-state index in [-0.39, 0.29) is 0 Å². The van der Waals surface area contributed by atoms with Crippen LogP contribution in [0.3, 0.4) is 0 Å². The van der Waals surface area contributed by atoms with E-state index < -0.39 is 0 Å². The Bertz CT molecular complexity index is 1060. The number of hydrogen-bond donors (Lipinski definition) is 1. The van der Waals surface area contributed by atoms with Crippen molar-refractivity contribution in [3.63, 3.8) is 0 Å². The molecule has 0 aliphatic heterocycles. The minimum atomic E-state index is 0.706. The van der Waals surface area contributed by atoms with Crippen LogP contribution in [0.4, 0.5) is 5.69 Å². The number of hydrogen-bond acceptors (Lipinski definition) is 3. The summed E-state index contributed by atoms with van der Waals surface area (Å²) in [6, 6.07) is 31.4. The van der Waals surface area contributed by atoms with Crippen LogP contribution in [-0.2, 0) is 0 Å². The first-order chi connectivity index (χ1) is 13.7. The zero-order chi connectivity index (χ0) is 19.3. The van der Waals surface area contributed by atoms with Crippen molar-refractivity contribution >= 4 is 5.69 Å². The second-order valence-corrected chi connectivity index (χ2v) is 6.61. The van der Waals surface area contributed by atoms with Crippen LogP contribution < -0.4 is 15.2 Å². The Labute approximate surface area is 165 Å². The summed E-state index contributed by atoms with van der Waals surface area (Å²) < 4.78 is 12.2. The van der Waals surface area contributed by atoms with E-state index in [1.165, 1.54) is 5.56 Å². The molecule has 0 heterocycles. The van der Waals surface area contributed by atoms with Crippen molar-refractivity contribution in [1.29, 1.82) is 0 Å². The van der Waals surface area contributed by atoms with E-state index in [0.717, 1.165) is 34.1 Å². The van der Waals surface area contributed by atoms with E-state index in [1.54, 1.807) is 0 Å². The predicted molar refractivity (Wildman–Crippen MR) is 114 cm³/mol. The zero-order valence-corrected chi connectivity index (χ0v) is 15.6. The Morgan fingerprint density at radius 2 is 1.21 bits per heavy atom. The molecule has 0 aliphatic rings. The highest BCUT2D eigenvalue weighted by Gasteiger charge is 2.10. The highest BCUT2D eigenvalue weighted by atomic mass is 16.5. The Morgan fingerprint density at radius 3 is 1.93 bits per heavy atom. The van der Waals surface area contributed by atoms with Crippen molar-refractivity contribution in [3.8, 4) is 34.1 Å². The van der Waals surface area contributed by atoms with Gasteiger partial charge in [-0.15, -0.1) is 0 Å². The second kappa shape index (κ2) is 7.89. The van der Waals surface area contributed by atoms with Crippen molar-refractivity contribution in [1.82, 2.24) is 0 Å². The molecule has 0 saturated heterocycles. The summed E-state index contributed by atoms with van der Waals surface area (Å²) in [6.07, 6.45) is 0. The van der Waals surface area contributed by atoms with Crippen molar-refractivity contribution in [3.05, 3.63) is 103 Å². The molecule has 0 amide bonds. The molecule has 138 valence electrons. The Balaban J connectivity index is 1.69. The smallest absolute Gasteiger partial charge is 0.135 e. The molecule has 0 radical (unpaired) electrons. The maximum atomic E-state index is 6.13. The van der Waals surface area contributed by atoms with Gasteiger partial charge in [-0.25, -0.2) is 0 Å². The molecule has 4 aromatic rings. The number of benzene rings is 4. The Kier molecular flexibility index (Phi) is 4.98. The fourth-order valence-electron chi connectivity index (χ4n) is 2.91. The van der Waals surface area contributed by atoms with Crippen molar-refractivity contribution in [2.24, 2.45) is 0 Å². The number of ether oxygens (including phenoxy) is 2. The fraction of sp³-hybridized carbons (Fsp3) is 0.0400. The molecular formula is C25H21NO2. The maximum absolute atomic E-state index is 6.13. The standard InChI is InChI=1S/C25H21NO2/c1-18-7-11-21(12-8-18)27-23-15-16-25(28-22-13-9-20(26)10-14-22)24(17-23)19-5-3-2-4-6-19/h2-17H,26H2,1H3. The quantitative estimate of drug-likeness (QED) is 0.393. The summed E-state index contributed by atoms with van der Waals surface area (Å²) >= 11 is 0. The van der Waals surface area contributed by atoms with Gasteiger partial charge in [-0.05, 0) is 67.1 Å². The second-order valence-electron chi connectivity index (χ2n) is 6.61. The predicted octanol–water partition coefficient (Wildman–Crippen LogP) is 6.83. The summed E-state index contributed by atoms with van der Waals surface area (Å²) in [5.74, 6) is 3.05. The third-order valence-electron chi connectivity index (χ3n) is 4.40. The summed E-state index contributed by atoms with van der Waals surface area (Å²) in [6.45, 7) is 2.06. The van der Waals surface area contributed by atoms with Gasteiger partial charge in [0.15, 0.2) is 0 Å². The van der Waals surface area contributed by atoms with E-state index in [2.05, 4.69) is 19.1 Å². The van der Waals surface area contributed by atoms with Gasteiger partial charge in [-0.2, -0.15) is 0 Å². The molecule has 0 aromatic heterocycles. The summed E-state index contributed by atoms with van der Waals surface area (Å²) in [4.78, 5) is 0. The number of anilines is 1. The van der Waals surface area contributed by atoms with Gasteiger partial charge in [0.2, 0.25) is 0 Å². The number of nitrogens with two attached hydrogens (primary N) is 1. The largest absolute Gasteiger partial charge is 0.457 e. The van der Waals surface area contributed by atoms with E-state index in [4.69, 9.17) is 15.2 Å². The maximum Gasteiger partial charge on any atom is 0.135 e. The molecule has 0 aliphatic carbocycles. The first kappa shape index (κ1) is 17.7.